The average Bonchev–Trinajstić information content (AvgIpc) is 2.60. The summed E-state index contributed by atoms with van der Waals surface area (Å²) in [6.07, 6.45) is 0.663. The lowest BCUT2D eigenvalue weighted by atomic mass is 9.96. The molecule has 0 aromatic heterocycles. The number of rotatable bonds is 4. The van der Waals surface area contributed by atoms with Crippen LogP contribution >= 0.6 is 8.86 Å². The number of fused-ring (bicyclic) bond motifs is 1. The first kappa shape index (κ1) is 15.7. The van der Waals surface area contributed by atoms with Crippen molar-refractivity contribution in [1.29, 1.82) is 0 Å². The predicted octanol–water partition coefficient (Wildman–Crippen LogP) is 3.90. The van der Waals surface area contributed by atoms with Gasteiger partial charge in [0.15, 0.2) is 0 Å². The highest BCUT2D eigenvalue weighted by atomic mass is 31.0. The van der Waals surface area contributed by atoms with Crippen molar-refractivity contribution in [3.63, 3.8) is 0 Å². The normalized spacial score (nSPS) is 16.3. The largest absolute Gasteiger partial charge is 0.497 e. The molecule has 2 aromatic carbocycles. The van der Waals surface area contributed by atoms with E-state index in [1.807, 2.05) is 36.4 Å². The number of methoxy groups -OCH3 is 3. The zero-order chi connectivity index (χ0) is 16.4. The van der Waals surface area contributed by atoms with Crippen molar-refractivity contribution in [2.24, 2.45) is 0 Å². The Bertz CT molecular complexity index is 725. The van der Waals surface area contributed by atoms with E-state index in [1.165, 1.54) is 0 Å². The Labute approximate surface area is 138 Å². The fourth-order valence-corrected chi connectivity index (χ4v) is 3.15. The topological polar surface area (TPSA) is 36.9 Å². The van der Waals surface area contributed by atoms with Crippen molar-refractivity contribution in [2.45, 2.75) is 12.5 Å². The zero-order valence-electron chi connectivity index (χ0n) is 13.4. The second kappa shape index (κ2) is 6.51. The fourth-order valence-electron chi connectivity index (χ4n) is 2.72. The molecule has 1 aliphatic heterocycles. The quantitative estimate of drug-likeness (QED) is 0.797. The Morgan fingerprint density at radius 1 is 0.957 bits per heavy atom. The molecule has 5 heteroatoms. The summed E-state index contributed by atoms with van der Waals surface area (Å²) in [6, 6.07) is 11.7. The summed E-state index contributed by atoms with van der Waals surface area (Å²) in [5.74, 6) is 3.02. The summed E-state index contributed by atoms with van der Waals surface area (Å²) in [5.41, 5.74) is 2.03. The van der Waals surface area contributed by atoms with E-state index in [4.69, 9.17) is 18.9 Å². The molecule has 1 atom stereocenters. The molecule has 0 saturated heterocycles. The van der Waals surface area contributed by atoms with Gasteiger partial charge in [-0.15, -0.1) is 8.86 Å². The lowest BCUT2D eigenvalue weighted by Gasteiger charge is -2.29. The van der Waals surface area contributed by atoms with Gasteiger partial charge < -0.3 is 18.9 Å². The van der Waals surface area contributed by atoms with Crippen molar-refractivity contribution in [1.82, 2.24) is 0 Å². The van der Waals surface area contributed by atoms with E-state index in [0.29, 0.717) is 5.75 Å². The minimum absolute atomic E-state index is 0.0716. The second-order valence-electron chi connectivity index (χ2n) is 5.27. The van der Waals surface area contributed by atoms with Crippen LogP contribution in [0.5, 0.6) is 23.0 Å². The number of hydrogen-bond acceptors (Lipinski definition) is 4. The van der Waals surface area contributed by atoms with Crippen LogP contribution < -0.4 is 18.9 Å². The fraction of sp³-hybridized carbons (Fsp3) is 0.278. The van der Waals surface area contributed by atoms with Crippen molar-refractivity contribution in [3.05, 3.63) is 47.5 Å². The third kappa shape index (κ3) is 2.99. The molecule has 0 unspecified atom stereocenters. The minimum atomic E-state index is -0.0716. The maximum absolute atomic E-state index is 6.19. The van der Waals surface area contributed by atoms with E-state index in [1.54, 1.807) is 21.3 Å². The van der Waals surface area contributed by atoms with Crippen LogP contribution in [-0.4, -0.2) is 26.6 Å². The van der Waals surface area contributed by atoms with Crippen LogP contribution in [0.25, 0.3) is 0 Å². The van der Waals surface area contributed by atoms with Crippen LogP contribution in [0.4, 0.5) is 0 Å². The molecule has 0 amide bonds. The van der Waals surface area contributed by atoms with Gasteiger partial charge >= 0.3 is 0 Å². The maximum Gasteiger partial charge on any atom is 0.135 e. The van der Waals surface area contributed by atoms with Gasteiger partial charge in [0.25, 0.3) is 0 Å². The molecule has 0 bridgehead atoms. The molecule has 23 heavy (non-hydrogen) atoms. The minimum Gasteiger partial charge on any atom is -0.497 e. The van der Waals surface area contributed by atoms with Gasteiger partial charge in [-0.05, 0) is 23.0 Å². The number of ether oxygens (including phenoxy) is 4. The Morgan fingerprint density at radius 2 is 1.65 bits per heavy atom. The third-order valence-electron chi connectivity index (χ3n) is 3.94. The molecular weight excluding hydrogens is 311 g/mol. The van der Waals surface area contributed by atoms with E-state index < -0.39 is 0 Å². The Hall–Kier alpha value is -2.19. The van der Waals surface area contributed by atoms with Crippen LogP contribution in [0.3, 0.4) is 0 Å². The third-order valence-corrected chi connectivity index (χ3v) is 4.40. The first-order chi connectivity index (χ1) is 11.2. The van der Waals surface area contributed by atoms with Crippen LogP contribution in [0.2, 0.25) is 0 Å². The van der Waals surface area contributed by atoms with Gasteiger partial charge in [-0.25, -0.2) is 0 Å². The van der Waals surface area contributed by atoms with Crippen LogP contribution in [0.15, 0.2) is 36.4 Å². The van der Waals surface area contributed by atoms with Crippen molar-refractivity contribution in [2.75, 3.05) is 21.3 Å². The van der Waals surface area contributed by atoms with Gasteiger partial charge in [0.1, 0.15) is 29.1 Å². The highest BCUT2D eigenvalue weighted by molar-refractivity contribution is 7.22. The van der Waals surface area contributed by atoms with Crippen LogP contribution in [0.1, 0.15) is 23.7 Å². The van der Waals surface area contributed by atoms with E-state index >= 15 is 0 Å². The van der Waals surface area contributed by atoms with Gasteiger partial charge in [-0.2, -0.15) is 0 Å². The standard InChI is InChI=1S/C18H19O4P/c1-19-12-6-4-11(5-7-12)14-10-17(23)18-15(21-3)8-13(20-2)9-16(18)22-14/h4-9,14,23H,10H2,1-3H3/t14-/m0/s1. The first-order valence-electron chi connectivity index (χ1n) is 7.30. The van der Waals surface area contributed by atoms with Crippen LogP contribution in [0, 0.1) is 0 Å². The molecule has 0 radical (unpaired) electrons. The predicted molar refractivity (Wildman–Crippen MR) is 93.0 cm³/mol. The average molecular weight is 330 g/mol. The van der Waals surface area contributed by atoms with Gasteiger partial charge in [0.2, 0.25) is 0 Å². The molecule has 0 fully saturated rings. The summed E-state index contributed by atoms with van der Waals surface area (Å²) < 4.78 is 22.2. The van der Waals surface area contributed by atoms with Crippen molar-refractivity contribution >= 4 is 14.2 Å². The molecule has 0 saturated carbocycles. The van der Waals surface area contributed by atoms with Gasteiger partial charge in [-0.3, -0.25) is 0 Å². The smallest absolute Gasteiger partial charge is 0.135 e. The Morgan fingerprint density at radius 3 is 2.26 bits per heavy atom. The summed E-state index contributed by atoms with van der Waals surface area (Å²) in [7, 11) is 8.67. The summed E-state index contributed by atoms with van der Waals surface area (Å²) >= 11 is 0. The monoisotopic (exact) mass is 330 g/mol. The molecule has 0 aliphatic carbocycles. The zero-order valence-corrected chi connectivity index (χ0v) is 14.4. The maximum atomic E-state index is 6.19. The van der Waals surface area contributed by atoms with E-state index in [9.17, 15) is 0 Å². The van der Waals surface area contributed by atoms with E-state index in [2.05, 4.69) is 8.86 Å². The van der Waals surface area contributed by atoms with Crippen LogP contribution in [-0.2, 0) is 0 Å². The molecule has 2 aromatic rings. The highest BCUT2D eigenvalue weighted by Gasteiger charge is 2.28. The Balaban J connectivity index is 1.97. The van der Waals surface area contributed by atoms with Crippen molar-refractivity contribution in [3.8, 4) is 23.0 Å². The summed E-state index contributed by atoms with van der Waals surface area (Å²) in [5, 5.41) is 1.05. The molecule has 1 aliphatic rings. The number of benzene rings is 2. The van der Waals surface area contributed by atoms with Gasteiger partial charge in [0.05, 0.1) is 26.9 Å². The lowest BCUT2D eigenvalue weighted by molar-refractivity contribution is 0.205. The molecule has 0 N–H and O–H groups in total. The summed E-state index contributed by atoms with van der Waals surface area (Å²) in [6.45, 7) is 0. The van der Waals surface area contributed by atoms with E-state index in [-0.39, 0.29) is 6.10 Å². The molecule has 4 nitrogen and oxygen atoms in total. The lowest BCUT2D eigenvalue weighted by Crippen LogP contribution is -2.20. The Kier molecular flexibility index (Phi) is 4.44. The molecular formula is C18H19O4P. The summed E-state index contributed by atoms with van der Waals surface area (Å²) in [4.78, 5) is 0. The first-order valence-corrected chi connectivity index (χ1v) is 7.80. The van der Waals surface area contributed by atoms with E-state index in [0.717, 1.165) is 40.1 Å². The molecule has 3 rings (SSSR count). The molecule has 120 valence electrons. The second-order valence-corrected chi connectivity index (χ2v) is 5.87. The van der Waals surface area contributed by atoms with Gasteiger partial charge in [-0.1, -0.05) is 12.1 Å². The van der Waals surface area contributed by atoms with Crippen molar-refractivity contribution < 1.29 is 18.9 Å². The SMILES string of the molecule is COc1ccc([C@@H]2CC(=P)c3c(OC)cc(OC)cc3O2)cc1. The molecule has 1 heterocycles. The highest BCUT2D eigenvalue weighted by Crippen LogP contribution is 2.43. The molecule has 0 spiro atoms. The van der Waals surface area contributed by atoms with Gasteiger partial charge in [0, 0.05) is 18.6 Å². The number of hydrogen-bond donors (Lipinski definition) is 0.